The van der Waals surface area contributed by atoms with Crippen molar-refractivity contribution in [2.45, 2.75) is 0 Å². The summed E-state index contributed by atoms with van der Waals surface area (Å²) in [5, 5.41) is 2.27. The molecule has 1 aliphatic rings. The number of benzene rings is 2. The van der Waals surface area contributed by atoms with E-state index in [4.69, 9.17) is 4.74 Å². The van der Waals surface area contributed by atoms with E-state index in [1.54, 1.807) is 30.3 Å². The van der Waals surface area contributed by atoms with E-state index in [-0.39, 0.29) is 11.6 Å². The van der Waals surface area contributed by atoms with Gasteiger partial charge in [-0.1, -0.05) is 30.3 Å². The lowest BCUT2D eigenvalue weighted by Gasteiger charge is -2.14. The third-order valence-electron chi connectivity index (χ3n) is 3.43. The van der Waals surface area contributed by atoms with Crippen LogP contribution in [0.2, 0.25) is 0 Å². The molecular formula is C17H11F5N2O. The van der Waals surface area contributed by atoms with Crippen LogP contribution < -0.4 is 5.32 Å². The molecule has 2 aromatic rings. The van der Waals surface area contributed by atoms with Crippen molar-refractivity contribution in [1.29, 1.82) is 0 Å². The molecule has 3 rings (SSSR count). The van der Waals surface area contributed by atoms with Gasteiger partial charge in [0.1, 0.15) is 12.3 Å². The van der Waals surface area contributed by atoms with Gasteiger partial charge in [0.25, 0.3) is 0 Å². The highest BCUT2D eigenvalue weighted by Gasteiger charge is 2.26. The minimum Gasteiger partial charge on any atom is -0.476 e. The highest BCUT2D eigenvalue weighted by atomic mass is 19.2. The summed E-state index contributed by atoms with van der Waals surface area (Å²) in [4.78, 5) is 4.02. The van der Waals surface area contributed by atoms with Crippen LogP contribution in [0.1, 0.15) is 5.56 Å². The van der Waals surface area contributed by atoms with Gasteiger partial charge < -0.3 is 10.1 Å². The van der Waals surface area contributed by atoms with Crippen LogP contribution in [-0.4, -0.2) is 19.0 Å². The van der Waals surface area contributed by atoms with Crippen LogP contribution in [0.3, 0.4) is 0 Å². The number of nitrogens with zero attached hydrogens (tertiary/aromatic N) is 1. The van der Waals surface area contributed by atoms with Crippen LogP contribution in [-0.2, 0) is 4.74 Å². The average molecular weight is 354 g/mol. The third-order valence-corrected chi connectivity index (χ3v) is 3.43. The van der Waals surface area contributed by atoms with Gasteiger partial charge in [0.2, 0.25) is 11.7 Å². The van der Waals surface area contributed by atoms with Gasteiger partial charge in [0.15, 0.2) is 23.3 Å². The summed E-state index contributed by atoms with van der Waals surface area (Å²) in [5.74, 6) is -9.98. The Bertz CT molecular complexity index is 836. The molecule has 1 aliphatic heterocycles. The highest BCUT2D eigenvalue weighted by Crippen LogP contribution is 2.30. The van der Waals surface area contributed by atoms with E-state index in [9.17, 15) is 22.0 Å². The lowest BCUT2D eigenvalue weighted by atomic mass is 10.1. The SMILES string of the molecule is Fc1c(F)c(F)c(NC(=CC2=NCCO2)c2ccccc2)c(F)c1F. The van der Waals surface area contributed by atoms with Gasteiger partial charge in [-0.2, -0.15) is 0 Å². The minimum atomic E-state index is -2.21. The Labute approximate surface area is 139 Å². The van der Waals surface area contributed by atoms with Gasteiger partial charge >= 0.3 is 0 Å². The molecule has 2 aromatic carbocycles. The van der Waals surface area contributed by atoms with Crippen molar-refractivity contribution >= 4 is 17.3 Å². The van der Waals surface area contributed by atoms with E-state index < -0.39 is 34.8 Å². The molecule has 1 N–H and O–H groups in total. The number of ether oxygens (including phenoxy) is 1. The van der Waals surface area contributed by atoms with Gasteiger partial charge in [0.05, 0.1) is 12.2 Å². The first-order chi connectivity index (χ1) is 12.0. The van der Waals surface area contributed by atoms with E-state index in [0.717, 1.165) is 0 Å². The van der Waals surface area contributed by atoms with E-state index in [1.807, 2.05) is 0 Å². The maximum Gasteiger partial charge on any atom is 0.210 e. The Balaban J connectivity index is 2.08. The highest BCUT2D eigenvalue weighted by molar-refractivity contribution is 5.98. The molecule has 0 unspecified atom stereocenters. The molecule has 0 atom stereocenters. The third kappa shape index (κ3) is 3.33. The number of halogens is 5. The smallest absolute Gasteiger partial charge is 0.210 e. The van der Waals surface area contributed by atoms with Crippen LogP contribution >= 0.6 is 0 Å². The van der Waals surface area contributed by atoms with Gasteiger partial charge in [-0.25, -0.2) is 26.9 Å². The molecule has 8 heteroatoms. The quantitative estimate of drug-likeness (QED) is 0.506. The Morgan fingerprint density at radius 2 is 1.52 bits per heavy atom. The molecule has 25 heavy (non-hydrogen) atoms. The van der Waals surface area contributed by atoms with Gasteiger partial charge in [-0.05, 0) is 5.56 Å². The molecular weight excluding hydrogens is 343 g/mol. The minimum absolute atomic E-state index is 0.0736. The van der Waals surface area contributed by atoms with Gasteiger partial charge in [-0.15, -0.1) is 0 Å². The fraction of sp³-hybridized carbons (Fsp3) is 0.118. The van der Waals surface area contributed by atoms with Crippen LogP contribution in [0, 0.1) is 29.1 Å². The molecule has 0 aromatic heterocycles. The second-order valence-corrected chi connectivity index (χ2v) is 5.06. The number of anilines is 1. The van der Waals surface area contributed by atoms with Crippen molar-refractivity contribution in [3.05, 3.63) is 71.1 Å². The summed E-state index contributed by atoms with van der Waals surface area (Å²) < 4.78 is 73.0. The first kappa shape index (κ1) is 16.9. The molecule has 0 spiro atoms. The number of nitrogens with one attached hydrogen (secondary N) is 1. The predicted molar refractivity (Wildman–Crippen MR) is 82.5 cm³/mol. The fourth-order valence-electron chi connectivity index (χ4n) is 2.22. The van der Waals surface area contributed by atoms with Crippen molar-refractivity contribution in [3.63, 3.8) is 0 Å². The normalized spacial score (nSPS) is 14.3. The molecule has 0 aliphatic carbocycles. The van der Waals surface area contributed by atoms with Crippen LogP contribution in [0.4, 0.5) is 27.6 Å². The molecule has 0 amide bonds. The zero-order valence-electron chi connectivity index (χ0n) is 12.6. The largest absolute Gasteiger partial charge is 0.476 e. The van der Waals surface area contributed by atoms with Crippen LogP contribution in [0.25, 0.3) is 5.70 Å². The molecule has 0 saturated carbocycles. The van der Waals surface area contributed by atoms with Gasteiger partial charge in [0, 0.05) is 6.08 Å². The molecule has 0 bridgehead atoms. The average Bonchev–Trinajstić information content (AvgIpc) is 3.15. The van der Waals surface area contributed by atoms with Crippen molar-refractivity contribution in [2.75, 3.05) is 18.5 Å². The number of rotatable bonds is 4. The van der Waals surface area contributed by atoms with E-state index >= 15 is 0 Å². The standard InChI is InChI=1S/C17H11F5N2O/c18-12-13(19)15(21)17(16(22)14(12)20)24-10(8-11-23-6-7-25-11)9-4-2-1-3-5-9/h1-5,8,24H,6-7H2. The lowest BCUT2D eigenvalue weighted by molar-refractivity contribution is 0.350. The summed E-state index contributed by atoms with van der Waals surface area (Å²) in [5.41, 5.74) is -0.626. The second kappa shape index (κ2) is 6.92. The monoisotopic (exact) mass is 354 g/mol. The maximum atomic E-state index is 13.9. The first-order valence-corrected chi connectivity index (χ1v) is 7.22. The van der Waals surface area contributed by atoms with E-state index in [2.05, 4.69) is 10.3 Å². The molecule has 0 fully saturated rings. The van der Waals surface area contributed by atoms with Gasteiger partial charge in [-0.3, -0.25) is 0 Å². The zero-order valence-corrected chi connectivity index (χ0v) is 12.6. The van der Waals surface area contributed by atoms with Crippen LogP contribution in [0.15, 0.2) is 41.4 Å². The van der Waals surface area contributed by atoms with E-state index in [0.29, 0.717) is 18.7 Å². The van der Waals surface area contributed by atoms with Crippen molar-refractivity contribution in [3.8, 4) is 0 Å². The van der Waals surface area contributed by atoms with Crippen molar-refractivity contribution in [1.82, 2.24) is 0 Å². The second-order valence-electron chi connectivity index (χ2n) is 5.06. The molecule has 3 nitrogen and oxygen atoms in total. The predicted octanol–water partition coefficient (Wildman–Crippen LogP) is 4.26. The summed E-state index contributed by atoms with van der Waals surface area (Å²) in [6.45, 7) is 0.757. The molecule has 130 valence electrons. The summed E-state index contributed by atoms with van der Waals surface area (Å²) in [6, 6.07) is 8.21. The fourth-order valence-corrected chi connectivity index (χ4v) is 2.22. The van der Waals surface area contributed by atoms with Crippen molar-refractivity contribution < 1.29 is 26.7 Å². The summed E-state index contributed by atoms with van der Waals surface area (Å²) in [6.07, 6.45) is 1.33. The summed E-state index contributed by atoms with van der Waals surface area (Å²) in [7, 11) is 0. The zero-order chi connectivity index (χ0) is 18.0. The van der Waals surface area contributed by atoms with Crippen LogP contribution in [0.5, 0.6) is 0 Å². The Kier molecular flexibility index (Phi) is 4.69. The number of hydrogen-bond acceptors (Lipinski definition) is 3. The molecule has 0 saturated heterocycles. The number of aliphatic imine (C=N–C) groups is 1. The maximum absolute atomic E-state index is 13.9. The van der Waals surface area contributed by atoms with E-state index in [1.165, 1.54) is 6.08 Å². The van der Waals surface area contributed by atoms with Crippen molar-refractivity contribution in [2.24, 2.45) is 4.99 Å². The molecule has 0 radical (unpaired) electrons. The summed E-state index contributed by atoms with van der Waals surface area (Å²) >= 11 is 0. The molecule has 1 heterocycles. The first-order valence-electron chi connectivity index (χ1n) is 7.22. The Morgan fingerprint density at radius 1 is 0.920 bits per heavy atom. The lowest BCUT2D eigenvalue weighted by Crippen LogP contribution is -2.10. The topological polar surface area (TPSA) is 33.6 Å². The Morgan fingerprint density at radius 3 is 2.08 bits per heavy atom. The number of hydrogen-bond donors (Lipinski definition) is 1. The Hall–Kier alpha value is -2.90.